The summed E-state index contributed by atoms with van der Waals surface area (Å²) < 4.78 is 7.36. The van der Waals surface area contributed by atoms with Crippen LogP contribution in [0.15, 0.2) is 42.6 Å². The summed E-state index contributed by atoms with van der Waals surface area (Å²) in [5, 5.41) is 7.89. The molecule has 0 bridgehead atoms. The number of hydrogen-bond acceptors (Lipinski definition) is 3. The first kappa shape index (κ1) is 13.8. The van der Waals surface area contributed by atoms with Crippen molar-refractivity contribution in [2.24, 2.45) is 0 Å². The predicted molar refractivity (Wildman–Crippen MR) is 76.4 cm³/mol. The Kier molecular flexibility index (Phi) is 5.12. The van der Waals surface area contributed by atoms with Crippen LogP contribution in [0.25, 0.3) is 5.69 Å². The molecule has 4 nitrogen and oxygen atoms in total. The van der Waals surface area contributed by atoms with Crippen molar-refractivity contribution in [1.29, 1.82) is 0 Å². The van der Waals surface area contributed by atoms with Crippen LogP contribution in [0.4, 0.5) is 0 Å². The van der Waals surface area contributed by atoms with Crippen molar-refractivity contribution >= 4 is 0 Å². The summed E-state index contributed by atoms with van der Waals surface area (Å²) in [7, 11) is 0. The summed E-state index contributed by atoms with van der Waals surface area (Å²) in [5.41, 5.74) is 2.11. The van der Waals surface area contributed by atoms with E-state index >= 15 is 0 Å². The SMILES string of the molecule is CCOC(C)CNCc1ccn(-c2ccccc2)n1. The highest BCUT2D eigenvalue weighted by atomic mass is 16.5. The highest BCUT2D eigenvalue weighted by molar-refractivity contribution is 5.30. The third kappa shape index (κ3) is 4.19. The molecule has 1 heterocycles. The van der Waals surface area contributed by atoms with Gasteiger partial charge in [0.2, 0.25) is 0 Å². The number of nitrogens with one attached hydrogen (secondary N) is 1. The molecule has 4 heteroatoms. The van der Waals surface area contributed by atoms with Crippen molar-refractivity contribution in [3.63, 3.8) is 0 Å². The average molecular weight is 259 g/mol. The van der Waals surface area contributed by atoms with E-state index in [2.05, 4.69) is 17.3 Å². The van der Waals surface area contributed by atoms with E-state index in [4.69, 9.17) is 4.74 Å². The van der Waals surface area contributed by atoms with E-state index in [-0.39, 0.29) is 6.10 Å². The minimum atomic E-state index is 0.237. The maximum absolute atomic E-state index is 5.47. The van der Waals surface area contributed by atoms with Gasteiger partial charge in [-0.05, 0) is 32.0 Å². The Morgan fingerprint density at radius 2 is 2.05 bits per heavy atom. The molecule has 0 saturated heterocycles. The molecule has 19 heavy (non-hydrogen) atoms. The lowest BCUT2D eigenvalue weighted by molar-refractivity contribution is 0.0759. The van der Waals surface area contributed by atoms with E-state index in [1.54, 1.807) is 0 Å². The number of ether oxygens (including phenoxy) is 1. The van der Waals surface area contributed by atoms with E-state index in [1.807, 2.05) is 54.2 Å². The monoisotopic (exact) mass is 259 g/mol. The fraction of sp³-hybridized carbons (Fsp3) is 0.400. The number of nitrogens with zero attached hydrogens (tertiary/aromatic N) is 2. The van der Waals surface area contributed by atoms with Crippen LogP contribution in [-0.2, 0) is 11.3 Å². The fourth-order valence-corrected chi connectivity index (χ4v) is 1.93. The molecule has 1 N–H and O–H groups in total. The second-order valence-electron chi connectivity index (χ2n) is 4.48. The maximum atomic E-state index is 5.47. The number of aromatic nitrogens is 2. The number of rotatable bonds is 7. The Labute approximate surface area is 114 Å². The van der Waals surface area contributed by atoms with Crippen LogP contribution in [0.2, 0.25) is 0 Å². The molecule has 1 aromatic heterocycles. The molecule has 0 aliphatic heterocycles. The minimum Gasteiger partial charge on any atom is -0.377 e. The Balaban J connectivity index is 1.85. The molecule has 0 saturated carbocycles. The summed E-state index contributed by atoms with van der Waals surface area (Å²) >= 11 is 0. The maximum Gasteiger partial charge on any atom is 0.0766 e. The van der Waals surface area contributed by atoms with Crippen LogP contribution in [0.3, 0.4) is 0 Å². The van der Waals surface area contributed by atoms with E-state index in [0.717, 1.165) is 31.1 Å². The summed E-state index contributed by atoms with van der Waals surface area (Å²) in [6.45, 7) is 6.44. The third-order valence-electron chi connectivity index (χ3n) is 2.85. The molecule has 1 aromatic carbocycles. The lowest BCUT2D eigenvalue weighted by atomic mass is 10.3. The molecule has 2 rings (SSSR count). The first-order chi connectivity index (χ1) is 9.29. The van der Waals surface area contributed by atoms with Crippen LogP contribution < -0.4 is 5.32 Å². The van der Waals surface area contributed by atoms with Gasteiger partial charge in [0.25, 0.3) is 0 Å². The standard InChI is InChI=1S/C15H21N3O/c1-3-19-13(2)11-16-12-14-9-10-18(17-14)15-7-5-4-6-8-15/h4-10,13,16H,3,11-12H2,1-2H3. The zero-order chi connectivity index (χ0) is 13.5. The lowest BCUT2D eigenvalue weighted by Gasteiger charge is -2.11. The molecule has 0 aliphatic rings. The van der Waals surface area contributed by atoms with Gasteiger partial charge in [0, 0.05) is 25.9 Å². The van der Waals surface area contributed by atoms with Gasteiger partial charge in [0.15, 0.2) is 0 Å². The van der Waals surface area contributed by atoms with Crippen molar-refractivity contribution in [1.82, 2.24) is 15.1 Å². The molecule has 0 aliphatic carbocycles. The fourth-order valence-electron chi connectivity index (χ4n) is 1.93. The predicted octanol–water partition coefficient (Wildman–Crippen LogP) is 2.39. The van der Waals surface area contributed by atoms with Crippen molar-refractivity contribution in [3.05, 3.63) is 48.3 Å². The summed E-state index contributed by atoms with van der Waals surface area (Å²) in [5.74, 6) is 0. The molecule has 0 fully saturated rings. The molecule has 1 unspecified atom stereocenters. The zero-order valence-corrected chi connectivity index (χ0v) is 11.5. The largest absolute Gasteiger partial charge is 0.377 e. The summed E-state index contributed by atoms with van der Waals surface area (Å²) in [6.07, 6.45) is 2.22. The van der Waals surface area contributed by atoms with E-state index in [1.165, 1.54) is 0 Å². The summed E-state index contributed by atoms with van der Waals surface area (Å²) in [6, 6.07) is 12.1. The van der Waals surface area contributed by atoms with Crippen molar-refractivity contribution in [2.75, 3.05) is 13.2 Å². The molecule has 1 atom stereocenters. The van der Waals surface area contributed by atoms with Crippen LogP contribution in [-0.4, -0.2) is 29.0 Å². The van der Waals surface area contributed by atoms with Crippen LogP contribution in [0.1, 0.15) is 19.5 Å². The van der Waals surface area contributed by atoms with Gasteiger partial charge in [-0.2, -0.15) is 5.10 Å². The molecule has 0 spiro atoms. The van der Waals surface area contributed by atoms with Gasteiger partial charge in [-0.15, -0.1) is 0 Å². The van der Waals surface area contributed by atoms with Gasteiger partial charge in [0.1, 0.15) is 0 Å². The molecular weight excluding hydrogens is 238 g/mol. The smallest absolute Gasteiger partial charge is 0.0766 e. The summed E-state index contributed by atoms with van der Waals surface area (Å²) in [4.78, 5) is 0. The van der Waals surface area contributed by atoms with Crippen molar-refractivity contribution in [2.45, 2.75) is 26.5 Å². The van der Waals surface area contributed by atoms with Crippen LogP contribution in [0.5, 0.6) is 0 Å². The molecular formula is C15H21N3O. The van der Waals surface area contributed by atoms with Gasteiger partial charge in [-0.25, -0.2) is 4.68 Å². The second kappa shape index (κ2) is 7.07. The molecule has 102 valence electrons. The quantitative estimate of drug-likeness (QED) is 0.830. The average Bonchev–Trinajstić information content (AvgIpc) is 2.89. The van der Waals surface area contributed by atoms with Crippen LogP contribution in [0, 0.1) is 0 Å². The highest BCUT2D eigenvalue weighted by Crippen LogP contribution is 2.06. The van der Waals surface area contributed by atoms with E-state index in [0.29, 0.717) is 0 Å². The minimum absolute atomic E-state index is 0.237. The molecule has 0 radical (unpaired) electrons. The third-order valence-corrected chi connectivity index (χ3v) is 2.85. The van der Waals surface area contributed by atoms with Crippen molar-refractivity contribution in [3.8, 4) is 5.69 Å². The Morgan fingerprint density at radius 3 is 2.79 bits per heavy atom. The van der Waals surface area contributed by atoms with Gasteiger partial charge in [-0.1, -0.05) is 18.2 Å². The van der Waals surface area contributed by atoms with Crippen molar-refractivity contribution < 1.29 is 4.74 Å². The highest BCUT2D eigenvalue weighted by Gasteiger charge is 2.03. The zero-order valence-electron chi connectivity index (χ0n) is 11.5. The second-order valence-corrected chi connectivity index (χ2v) is 4.48. The van der Waals surface area contributed by atoms with E-state index < -0.39 is 0 Å². The first-order valence-electron chi connectivity index (χ1n) is 6.72. The van der Waals surface area contributed by atoms with Gasteiger partial charge >= 0.3 is 0 Å². The van der Waals surface area contributed by atoms with E-state index in [9.17, 15) is 0 Å². The van der Waals surface area contributed by atoms with Gasteiger partial charge in [-0.3, -0.25) is 0 Å². The Morgan fingerprint density at radius 1 is 1.26 bits per heavy atom. The lowest BCUT2D eigenvalue weighted by Crippen LogP contribution is -2.26. The van der Waals surface area contributed by atoms with Crippen LogP contribution >= 0.6 is 0 Å². The number of benzene rings is 1. The Bertz CT molecular complexity index is 481. The number of para-hydroxylation sites is 1. The normalized spacial score (nSPS) is 12.5. The number of hydrogen-bond donors (Lipinski definition) is 1. The Hall–Kier alpha value is -1.65. The molecule has 0 amide bonds. The van der Waals surface area contributed by atoms with Gasteiger partial charge in [0.05, 0.1) is 17.5 Å². The topological polar surface area (TPSA) is 39.1 Å². The van der Waals surface area contributed by atoms with Gasteiger partial charge < -0.3 is 10.1 Å². The molecule has 2 aromatic rings. The first-order valence-corrected chi connectivity index (χ1v) is 6.72.